The fourth-order valence-electron chi connectivity index (χ4n) is 4.06. The van der Waals surface area contributed by atoms with Crippen molar-refractivity contribution < 1.29 is 4.79 Å². The van der Waals surface area contributed by atoms with Crippen LogP contribution in [0.4, 0.5) is 0 Å². The number of benzene rings is 1. The van der Waals surface area contributed by atoms with Crippen molar-refractivity contribution in [3.8, 4) is 0 Å². The van der Waals surface area contributed by atoms with E-state index in [0.717, 1.165) is 29.7 Å². The van der Waals surface area contributed by atoms with E-state index in [4.69, 9.17) is 0 Å². The molecule has 4 heteroatoms. The van der Waals surface area contributed by atoms with Crippen molar-refractivity contribution in [2.75, 3.05) is 6.54 Å². The van der Waals surface area contributed by atoms with Gasteiger partial charge in [-0.15, -0.1) is 0 Å². The molecule has 1 aromatic carbocycles. The van der Waals surface area contributed by atoms with Crippen LogP contribution in [0.1, 0.15) is 45.9 Å². The van der Waals surface area contributed by atoms with Gasteiger partial charge in [0.2, 0.25) is 5.91 Å². The zero-order valence-electron chi connectivity index (χ0n) is 15.0. The molecule has 0 bridgehead atoms. The minimum atomic E-state index is 0.171. The van der Waals surface area contributed by atoms with Gasteiger partial charge in [-0.25, -0.2) is 4.98 Å². The SMILES string of the molecule is CC(C)[C@@H]1CC[C@@H](C)C[C@H]1C(=O)NCCc1nc2ccccc2[nH]1. The first kappa shape index (κ1) is 17.0. The molecule has 0 saturated heterocycles. The Hall–Kier alpha value is -1.84. The number of para-hydroxylation sites is 2. The van der Waals surface area contributed by atoms with Gasteiger partial charge in [0.25, 0.3) is 0 Å². The second kappa shape index (κ2) is 7.37. The molecule has 24 heavy (non-hydrogen) atoms. The maximum Gasteiger partial charge on any atom is 0.223 e. The summed E-state index contributed by atoms with van der Waals surface area (Å²) in [6.07, 6.45) is 4.21. The van der Waals surface area contributed by atoms with Crippen LogP contribution >= 0.6 is 0 Å². The molecule has 0 aliphatic heterocycles. The summed E-state index contributed by atoms with van der Waals surface area (Å²) in [5, 5.41) is 3.15. The highest BCUT2D eigenvalue weighted by Crippen LogP contribution is 2.38. The van der Waals surface area contributed by atoms with Gasteiger partial charge in [0, 0.05) is 18.9 Å². The Balaban J connectivity index is 1.56. The number of hydrogen-bond acceptors (Lipinski definition) is 2. The number of aromatic nitrogens is 2. The Morgan fingerprint density at radius 2 is 2.12 bits per heavy atom. The van der Waals surface area contributed by atoms with Gasteiger partial charge in [-0.05, 0) is 42.7 Å². The van der Waals surface area contributed by atoms with E-state index in [9.17, 15) is 4.79 Å². The summed E-state index contributed by atoms with van der Waals surface area (Å²) in [6.45, 7) is 7.41. The van der Waals surface area contributed by atoms with Crippen LogP contribution in [0.15, 0.2) is 24.3 Å². The fourth-order valence-corrected chi connectivity index (χ4v) is 4.06. The topological polar surface area (TPSA) is 57.8 Å². The van der Waals surface area contributed by atoms with Crippen molar-refractivity contribution in [3.63, 3.8) is 0 Å². The van der Waals surface area contributed by atoms with Crippen molar-refractivity contribution in [1.82, 2.24) is 15.3 Å². The summed E-state index contributed by atoms with van der Waals surface area (Å²) >= 11 is 0. The predicted molar refractivity (Wildman–Crippen MR) is 97.6 cm³/mol. The van der Waals surface area contributed by atoms with E-state index < -0.39 is 0 Å². The fraction of sp³-hybridized carbons (Fsp3) is 0.600. The molecule has 1 saturated carbocycles. The lowest BCUT2D eigenvalue weighted by atomic mass is 9.70. The number of H-pyrrole nitrogens is 1. The Labute approximate surface area is 144 Å². The maximum atomic E-state index is 12.7. The van der Waals surface area contributed by atoms with Crippen LogP contribution in [0.2, 0.25) is 0 Å². The molecular weight excluding hydrogens is 298 g/mol. The summed E-state index contributed by atoms with van der Waals surface area (Å²) in [5.41, 5.74) is 2.04. The number of nitrogens with one attached hydrogen (secondary N) is 2. The first-order chi connectivity index (χ1) is 11.5. The lowest BCUT2D eigenvalue weighted by Crippen LogP contribution is -2.40. The smallest absolute Gasteiger partial charge is 0.223 e. The van der Waals surface area contributed by atoms with Crippen molar-refractivity contribution in [2.45, 2.75) is 46.5 Å². The maximum absolute atomic E-state index is 12.7. The second-order valence-electron chi connectivity index (χ2n) is 7.67. The normalized spacial score (nSPS) is 24.4. The van der Waals surface area contributed by atoms with E-state index in [2.05, 4.69) is 36.1 Å². The van der Waals surface area contributed by atoms with Crippen molar-refractivity contribution in [3.05, 3.63) is 30.1 Å². The molecule has 2 aromatic rings. The number of imidazole rings is 1. The van der Waals surface area contributed by atoms with E-state index in [1.807, 2.05) is 24.3 Å². The lowest BCUT2D eigenvalue weighted by molar-refractivity contribution is -0.129. The number of fused-ring (bicyclic) bond motifs is 1. The predicted octanol–water partition coefficient (Wildman–Crippen LogP) is 3.93. The third kappa shape index (κ3) is 3.80. The summed E-state index contributed by atoms with van der Waals surface area (Å²) in [6, 6.07) is 8.03. The van der Waals surface area contributed by atoms with Crippen LogP contribution in [-0.4, -0.2) is 22.4 Å². The quantitative estimate of drug-likeness (QED) is 0.874. The number of carbonyl (C=O) groups excluding carboxylic acids is 1. The number of carbonyl (C=O) groups is 1. The standard InChI is InChI=1S/C20H29N3O/c1-13(2)15-9-8-14(3)12-16(15)20(24)21-11-10-19-22-17-6-4-5-7-18(17)23-19/h4-7,13-16H,8-12H2,1-3H3,(H,21,24)(H,22,23)/t14-,15+,16-/m1/s1. The van der Waals surface area contributed by atoms with E-state index in [-0.39, 0.29) is 11.8 Å². The number of hydrogen-bond donors (Lipinski definition) is 2. The monoisotopic (exact) mass is 327 g/mol. The molecule has 1 fully saturated rings. The van der Waals surface area contributed by atoms with Crippen LogP contribution in [0.5, 0.6) is 0 Å². The number of amides is 1. The largest absolute Gasteiger partial charge is 0.355 e. The molecule has 0 spiro atoms. The number of nitrogens with zero attached hydrogens (tertiary/aromatic N) is 1. The van der Waals surface area contributed by atoms with Crippen LogP contribution in [0.3, 0.4) is 0 Å². The van der Waals surface area contributed by atoms with Gasteiger partial charge in [0.15, 0.2) is 0 Å². The molecule has 1 aliphatic rings. The van der Waals surface area contributed by atoms with E-state index in [0.29, 0.717) is 24.3 Å². The first-order valence-corrected chi connectivity index (χ1v) is 9.26. The van der Waals surface area contributed by atoms with Gasteiger partial charge in [0.05, 0.1) is 11.0 Å². The van der Waals surface area contributed by atoms with Crippen molar-refractivity contribution >= 4 is 16.9 Å². The molecule has 1 aliphatic carbocycles. The third-order valence-corrected chi connectivity index (χ3v) is 5.46. The molecule has 1 heterocycles. The van der Waals surface area contributed by atoms with Gasteiger partial charge in [0.1, 0.15) is 5.82 Å². The van der Waals surface area contributed by atoms with Crippen LogP contribution in [0, 0.1) is 23.7 Å². The highest BCUT2D eigenvalue weighted by atomic mass is 16.1. The molecule has 3 rings (SSSR count). The van der Waals surface area contributed by atoms with Gasteiger partial charge < -0.3 is 10.3 Å². The van der Waals surface area contributed by atoms with Gasteiger partial charge >= 0.3 is 0 Å². The lowest BCUT2D eigenvalue weighted by Gasteiger charge is -2.36. The van der Waals surface area contributed by atoms with Gasteiger partial charge in [-0.1, -0.05) is 39.3 Å². The molecule has 4 nitrogen and oxygen atoms in total. The van der Waals surface area contributed by atoms with Crippen LogP contribution in [-0.2, 0) is 11.2 Å². The molecule has 2 N–H and O–H groups in total. The third-order valence-electron chi connectivity index (χ3n) is 5.46. The zero-order chi connectivity index (χ0) is 17.1. The van der Waals surface area contributed by atoms with E-state index in [1.165, 1.54) is 12.8 Å². The molecule has 0 radical (unpaired) electrons. The average molecular weight is 327 g/mol. The summed E-state index contributed by atoms with van der Waals surface area (Å²) in [4.78, 5) is 20.6. The molecule has 1 amide bonds. The number of rotatable bonds is 5. The molecule has 130 valence electrons. The molecule has 1 aromatic heterocycles. The van der Waals surface area contributed by atoms with Gasteiger partial charge in [-0.3, -0.25) is 4.79 Å². The zero-order valence-corrected chi connectivity index (χ0v) is 15.0. The highest BCUT2D eigenvalue weighted by Gasteiger charge is 2.35. The minimum absolute atomic E-state index is 0.171. The molecule has 3 atom stereocenters. The van der Waals surface area contributed by atoms with Crippen LogP contribution in [0.25, 0.3) is 11.0 Å². The average Bonchev–Trinajstić information content (AvgIpc) is 2.97. The van der Waals surface area contributed by atoms with Crippen molar-refractivity contribution in [2.24, 2.45) is 23.7 Å². The number of aromatic amines is 1. The second-order valence-corrected chi connectivity index (χ2v) is 7.67. The van der Waals surface area contributed by atoms with Crippen molar-refractivity contribution in [1.29, 1.82) is 0 Å². The summed E-state index contributed by atoms with van der Waals surface area (Å²) < 4.78 is 0. The summed E-state index contributed by atoms with van der Waals surface area (Å²) in [7, 11) is 0. The summed E-state index contributed by atoms with van der Waals surface area (Å²) in [5.74, 6) is 3.09. The Morgan fingerprint density at radius 3 is 2.88 bits per heavy atom. The van der Waals surface area contributed by atoms with Crippen LogP contribution < -0.4 is 5.32 Å². The van der Waals surface area contributed by atoms with Gasteiger partial charge in [-0.2, -0.15) is 0 Å². The Kier molecular flexibility index (Phi) is 5.22. The highest BCUT2D eigenvalue weighted by molar-refractivity contribution is 5.79. The Bertz CT molecular complexity index is 658. The van der Waals surface area contributed by atoms with E-state index in [1.54, 1.807) is 0 Å². The minimum Gasteiger partial charge on any atom is -0.355 e. The molecule has 0 unspecified atom stereocenters. The first-order valence-electron chi connectivity index (χ1n) is 9.26. The Morgan fingerprint density at radius 1 is 1.33 bits per heavy atom. The van der Waals surface area contributed by atoms with E-state index >= 15 is 0 Å². The molecular formula is C20H29N3O.